The Bertz CT molecular complexity index is 430. The number of benzene rings is 1. The van der Waals surface area contributed by atoms with Crippen molar-refractivity contribution in [1.82, 2.24) is 5.32 Å². The van der Waals surface area contributed by atoms with Crippen LogP contribution in [0.5, 0.6) is 0 Å². The van der Waals surface area contributed by atoms with E-state index in [4.69, 9.17) is 5.84 Å². The third kappa shape index (κ3) is 3.17. The summed E-state index contributed by atoms with van der Waals surface area (Å²) in [7, 11) is 0. The van der Waals surface area contributed by atoms with Crippen molar-refractivity contribution in [3.63, 3.8) is 0 Å². The molecule has 18 heavy (non-hydrogen) atoms. The number of carbonyl (C=O) groups is 1. The van der Waals surface area contributed by atoms with E-state index in [2.05, 4.69) is 10.7 Å². The highest BCUT2D eigenvalue weighted by molar-refractivity contribution is 7.99. The number of hydrogen-bond acceptors (Lipinski definition) is 4. The van der Waals surface area contributed by atoms with E-state index in [0.717, 1.165) is 17.9 Å². The molecule has 1 amide bonds. The zero-order chi connectivity index (χ0) is 13.0. The number of nitrogens with two attached hydrogens (primary N) is 1. The molecule has 1 aliphatic rings. The maximum Gasteiger partial charge on any atom is 0.253 e. The van der Waals surface area contributed by atoms with E-state index in [9.17, 15) is 4.79 Å². The summed E-state index contributed by atoms with van der Waals surface area (Å²) >= 11 is 1.96. The monoisotopic (exact) mass is 265 g/mol. The Labute approximate surface area is 112 Å². The van der Waals surface area contributed by atoms with Crippen LogP contribution < -0.4 is 16.6 Å². The molecule has 4 N–H and O–H groups in total. The number of thioether (sulfide) groups is 1. The summed E-state index contributed by atoms with van der Waals surface area (Å²) in [6, 6.07) is 5.60. The number of amides is 1. The second-order valence-corrected chi connectivity index (χ2v) is 5.78. The number of aryl methyl sites for hydroxylation is 1. The molecular weight excluding hydrogens is 246 g/mol. The Morgan fingerprint density at radius 1 is 1.56 bits per heavy atom. The molecule has 0 radical (unpaired) electrons. The highest BCUT2D eigenvalue weighted by Gasteiger charge is 2.17. The van der Waals surface area contributed by atoms with Gasteiger partial charge in [0.25, 0.3) is 5.91 Å². The fraction of sp³-hybridized carbons (Fsp3) is 0.462. The zero-order valence-corrected chi connectivity index (χ0v) is 11.3. The van der Waals surface area contributed by atoms with Crippen LogP contribution >= 0.6 is 11.8 Å². The van der Waals surface area contributed by atoms with Crippen molar-refractivity contribution >= 4 is 23.4 Å². The lowest BCUT2D eigenvalue weighted by Crippen LogP contribution is -2.30. The summed E-state index contributed by atoms with van der Waals surface area (Å²) in [5.74, 6) is 8.35. The maximum atomic E-state index is 12.1. The van der Waals surface area contributed by atoms with Crippen molar-refractivity contribution in [3.8, 4) is 0 Å². The first kappa shape index (κ1) is 13.2. The molecule has 1 aromatic rings. The van der Waals surface area contributed by atoms with E-state index in [-0.39, 0.29) is 5.91 Å². The van der Waals surface area contributed by atoms with Crippen molar-refractivity contribution in [1.29, 1.82) is 0 Å². The quantitative estimate of drug-likeness (QED) is 0.573. The molecule has 1 aromatic carbocycles. The highest BCUT2D eigenvalue weighted by Crippen LogP contribution is 2.23. The molecule has 1 fully saturated rings. The smallest absolute Gasteiger partial charge is 0.253 e. The molecule has 1 atom stereocenters. The van der Waals surface area contributed by atoms with E-state index >= 15 is 0 Å². The molecule has 1 saturated heterocycles. The summed E-state index contributed by atoms with van der Waals surface area (Å²) in [4.78, 5) is 12.1. The second-order valence-electron chi connectivity index (χ2n) is 4.63. The Morgan fingerprint density at radius 2 is 2.39 bits per heavy atom. The average molecular weight is 265 g/mol. The lowest BCUT2D eigenvalue weighted by atomic mass is 10.1. The van der Waals surface area contributed by atoms with Gasteiger partial charge in [-0.3, -0.25) is 10.6 Å². The first-order valence-corrected chi connectivity index (χ1v) is 7.29. The van der Waals surface area contributed by atoms with Gasteiger partial charge < -0.3 is 10.7 Å². The van der Waals surface area contributed by atoms with Gasteiger partial charge >= 0.3 is 0 Å². The van der Waals surface area contributed by atoms with E-state index in [0.29, 0.717) is 17.2 Å². The minimum Gasteiger partial charge on any atom is -0.352 e. The third-order valence-electron chi connectivity index (χ3n) is 3.15. The van der Waals surface area contributed by atoms with Gasteiger partial charge in [0, 0.05) is 6.54 Å². The summed E-state index contributed by atoms with van der Waals surface area (Å²) in [5, 5.41) is 2.99. The average Bonchev–Trinajstić information content (AvgIpc) is 2.88. The van der Waals surface area contributed by atoms with E-state index in [1.54, 1.807) is 0 Å². The molecule has 0 aliphatic carbocycles. The minimum absolute atomic E-state index is 0.0557. The summed E-state index contributed by atoms with van der Waals surface area (Å²) < 4.78 is 0. The summed E-state index contributed by atoms with van der Waals surface area (Å²) in [5.41, 5.74) is 4.94. The van der Waals surface area contributed by atoms with Crippen molar-refractivity contribution in [3.05, 3.63) is 29.3 Å². The largest absolute Gasteiger partial charge is 0.352 e. The molecule has 98 valence electrons. The topological polar surface area (TPSA) is 67.2 Å². The van der Waals surface area contributed by atoms with Crippen molar-refractivity contribution < 1.29 is 4.79 Å². The minimum atomic E-state index is -0.0557. The third-order valence-corrected chi connectivity index (χ3v) is 4.38. The Balaban J connectivity index is 1.99. The molecular formula is C13H19N3OS. The Hall–Kier alpha value is -1.20. The zero-order valence-electron chi connectivity index (χ0n) is 10.5. The first-order valence-electron chi connectivity index (χ1n) is 6.14. The van der Waals surface area contributed by atoms with Gasteiger partial charge in [-0.2, -0.15) is 11.8 Å². The predicted molar refractivity (Wildman–Crippen MR) is 76.8 cm³/mol. The van der Waals surface area contributed by atoms with Crippen LogP contribution in [0.15, 0.2) is 18.2 Å². The van der Waals surface area contributed by atoms with Crippen LogP contribution in [0.25, 0.3) is 0 Å². The highest BCUT2D eigenvalue weighted by atomic mass is 32.2. The molecule has 1 aliphatic heterocycles. The predicted octanol–water partition coefficient (Wildman–Crippen LogP) is 1.76. The molecule has 0 bridgehead atoms. The number of hydrogen-bond donors (Lipinski definition) is 3. The van der Waals surface area contributed by atoms with Crippen molar-refractivity contribution in [2.45, 2.75) is 13.3 Å². The van der Waals surface area contributed by atoms with Gasteiger partial charge in [-0.1, -0.05) is 6.07 Å². The van der Waals surface area contributed by atoms with Gasteiger partial charge in [0.05, 0.1) is 11.3 Å². The SMILES string of the molecule is Cc1ccc(C(=O)NCC2CCSC2)c(NN)c1. The lowest BCUT2D eigenvalue weighted by Gasteiger charge is -2.13. The normalized spacial score (nSPS) is 18.7. The van der Waals surface area contributed by atoms with Crippen LogP contribution in [0.3, 0.4) is 0 Å². The van der Waals surface area contributed by atoms with Crippen LogP contribution in [0.1, 0.15) is 22.3 Å². The molecule has 0 aromatic heterocycles. The van der Waals surface area contributed by atoms with Crippen LogP contribution in [0.2, 0.25) is 0 Å². The number of nitrogen functional groups attached to an aromatic ring is 1. The molecule has 1 heterocycles. The Morgan fingerprint density at radius 3 is 3.06 bits per heavy atom. The summed E-state index contributed by atoms with van der Waals surface area (Å²) in [6.07, 6.45) is 1.20. The van der Waals surface area contributed by atoms with Crippen LogP contribution in [-0.2, 0) is 0 Å². The molecule has 0 spiro atoms. The van der Waals surface area contributed by atoms with Crippen LogP contribution in [-0.4, -0.2) is 24.0 Å². The number of rotatable bonds is 4. The van der Waals surface area contributed by atoms with Crippen molar-refractivity contribution in [2.75, 3.05) is 23.5 Å². The number of nitrogens with one attached hydrogen (secondary N) is 2. The Kier molecular flexibility index (Phi) is 4.49. The van der Waals surface area contributed by atoms with Crippen molar-refractivity contribution in [2.24, 2.45) is 11.8 Å². The molecule has 4 nitrogen and oxygen atoms in total. The number of carbonyl (C=O) groups excluding carboxylic acids is 1. The maximum absolute atomic E-state index is 12.1. The van der Waals surface area contributed by atoms with Crippen LogP contribution in [0, 0.1) is 12.8 Å². The molecule has 2 rings (SSSR count). The first-order chi connectivity index (χ1) is 8.70. The molecule has 1 unspecified atom stereocenters. The van der Waals surface area contributed by atoms with E-state index in [1.165, 1.54) is 12.2 Å². The van der Waals surface area contributed by atoms with Gasteiger partial charge in [-0.05, 0) is 48.5 Å². The fourth-order valence-electron chi connectivity index (χ4n) is 2.05. The second kappa shape index (κ2) is 6.11. The molecule has 0 saturated carbocycles. The van der Waals surface area contributed by atoms with Crippen LogP contribution in [0.4, 0.5) is 5.69 Å². The number of anilines is 1. The fourth-order valence-corrected chi connectivity index (χ4v) is 3.34. The van der Waals surface area contributed by atoms with Gasteiger partial charge in [-0.15, -0.1) is 0 Å². The van der Waals surface area contributed by atoms with E-state index in [1.807, 2.05) is 36.9 Å². The summed E-state index contributed by atoms with van der Waals surface area (Å²) in [6.45, 7) is 2.72. The van der Waals surface area contributed by atoms with Gasteiger partial charge in [0.1, 0.15) is 0 Å². The van der Waals surface area contributed by atoms with Gasteiger partial charge in [0.2, 0.25) is 0 Å². The van der Waals surface area contributed by atoms with E-state index < -0.39 is 0 Å². The molecule has 5 heteroatoms. The standard InChI is InChI=1S/C13H19N3OS/c1-9-2-3-11(12(6-9)16-14)13(17)15-7-10-4-5-18-8-10/h2-3,6,10,16H,4-5,7-8,14H2,1H3,(H,15,17). The number of hydrazine groups is 1. The van der Waals surface area contributed by atoms with Gasteiger partial charge in [-0.25, -0.2) is 0 Å². The van der Waals surface area contributed by atoms with Gasteiger partial charge in [0.15, 0.2) is 0 Å². The lowest BCUT2D eigenvalue weighted by molar-refractivity contribution is 0.0949.